The zero-order chi connectivity index (χ0) is 14.0. The van der Waals surface area contributed by atoms with Crippen molar-refractivity contribution >= 4 is 49.1 Å². The summed E-state index contributed by atoms with van der Waals surface area (Å²) in [5.74, 6) is -0.210. The van der Waals surface area contributed by atoms with Crippen LogP contribution in [0.3, 0.4) is 0 Å². The van der Waals surface area contributed by atoms with Crippen LogP contribution in [0.25, 0.3) is 0 Å². The minimum Gasteiger partial charge on any atom is -0.398 e. The highest BCUT2D eigenvalue weighted by molar-refractivity contribution is 9.11. The van der Waals surface area contributed by atoms with Crippen molar-refractivity contribution in [3.05, 3.63) is 56.5 Å². The van der Waals surface area contributed by atoms with Gasteiger partial charge in [0.2, 0.25) is 0 Å². The Morgan fingerprint density at radius 1 is 1.21 bits per heavy atom. The lowest BCUT2D eigenvalue weighted by Crippen LogP contribution is -2.15. The number of nitrogen functional groups attached to an aromatic ring is 1. The van der Waals surface area contributed by atoms with Crippen LogP contribution in [0.2, 0.25) is 0 Å². The highest BCUT2D eigenvalue weighted by Crippen LogP contribution is 2.27. The van der Waals surface area contributed by atoms with Gasteiger partial charge < -0.3 is 11.1 Å². The van der Waals surface area contributed by atoms with Crippen LogP contribution < -0.4 is 11.1 Å². The molecule has 0 radical (unpaired) electrons. The Hall–Kier alpha value is -1.33. The Morgan fingerprint density at radius 2 is 1.95 bits per heavy atom. The molecule has 2 aromatic carbocycles. The molecule has 0 aliphatic rings. The average molecular weight is 384 g/mol. The number of carbonyl (C=O) groups is 1. The molecule has 0 aliphatic heterocycles. The van der Waals surface area contributed by atoms with Crippen LogP contribution in [0.5, 0.6) is 0 Å². The molecule has 0 aromatic heterocycles. The molecule has 0 heterocycles. The first-order valence-electron chi connectivity index (χ1n) is 5.60. The predicted molar refractivity (Wildman–Crippen MR) is 85.4 cm³/mol. The van der Waals surface area contributed by atoms with E-state index in [0.29, 0.717) is 16.9 Å². The second-order valence-corrected chi connectivity index (χ2v) is 5.89. The van der Waals surface area contributed by atoms with E-state index in [0.717, 1.165) is 14.5 Å². The maximum Gasteiger partial charge on any atom is 0.258 e. The average Bonchev–Trinajstić information content (AvgIpc) is 2.32. The standard InChI is InChI=1S/C14H12Br2N2O/c1-8-3-2-4-11(17)13(8)14(19)18-12-6-5-9(15)7-10(12)16/h2-7H,17H2,1H3,(H,18,19). The second-order valence-electron chi connectivity index (χ2n) is 4.12. The van der Waals surface area contributed by atoms with Crippen LogP contribution in [-0.2, 0) is 0 Å². The Bertz CT molecular complexity index is 621. The van der Waals surface area contributed by atoms with Crippen molar-refractivity contribution in [1.29, 1.82) is 0 Å². The molecule has 0 saturated heterocycles. The first kappa shape index (κ1) is 14.1. The number of halogens is 2. The number of amides is 1. The molecule has 0 spiro atoms. The van der Waals surface area contributed by atoms with Gasteiger partial charge >= 0.3 is 0 Å². The number of anilines is 2. The lowest BCUT2D eigenvalue weighted by Gasteiger charge is -2.11. The van der Waals surface area contributed by atoms with Crippen LogP contribution in [0.1, 0.15) is 15.9 Å². The van der Waals surface area contributed by atoms with Gasteiger partial charge in [0.25, 0.3) is 5.91 Å². The summed E-state index contributed by atoms with van der Waals surface area (Å²) in [7, 11) is 0. The summed E-state index contributed by atoms with van der Waals surface area (Å²) in [5.41, 5.74) is 8.40. The van der Waals surface area contributed by atoms with E-state index in [4.69, 9.17) is 5.73 Å². The van der Waals surface area contributed by atoms with E-state index >= 15 is 0 Å². The molecule has 0 unspecified atom stereocenters. The molecule has 0 fully saturated rings. The molecule has 5 heteroatoms. The van der Waals surface area contributed by atoms with E-state index in [2.05, 4.69) is 37.2 Å². The maximum absolute atomic E-state index is 12.3. The van der Waals surface area contributed by atoms with Gasteiger partial charge in [0, 0.05) is 14.6 Å². The lowest BCUT2D eigenvalue weighted by atomic mass is 10.1. The Kier molecular flexibility index (Phi) is 4.27. The molecule has 3 nitrogen and oxygen atoms in total. The van der Waals surface area contributed by atoms with Crippen LogP contribution in [0.15, 0.2) is 45.3 Å². The number of hydrogen-bond acceptors (Lipinski definition) is 2. The van der Waals surface area contributed by atoms with Gasteiger partial charge in [-0.3, -0.25) is 4.79 Å². The van der Waals surface area contributed by atoms with Gasteiger partial charge in [-0.1, -0.05) is 28.1 Å². The van der Waals surface area contributed by atoms with Crippen molar-refractivity contribution in [2.24, 2.45) is 0 Å². The zero-order valence-electron chi connectivity index (χ0n) is 10.2. The summed E-state index contributed by atoms with van der Waals surface area (Å²) in [5, 5.41) is 2.85. The summed E-state index contributed by atoms with van der Waals surface area (Å²) < 4.78 is 1.75. The molecule has 0 aliphatic carbocycles. The molecule has 1 amide bonds. The van der Waals surface area contributed by atoms with Crippen molar-refractivity contribution in [3.8, 4) is 0 Å². The molecule has 0 saturated carbocycles. The van der Waals surface area contributed by atoms with Crippen LogP contribution in [-0.4, -0.2) is 5.91 Å². The second kappa shape index (κ2) is 5.75. The Labute approximate surface area is 128 Å². The van der Waals surface area contributed by atoms with Crippen molar-refractivity contribution in [3.63, 3.8) is 0 Å². The quantitative estimate of drug-likeness (QED) is 0.757. The summed E-state index contributed by atoms with van der Waals surface area (Å²) in [6, 6.07) is 11.0. The summed E-state index contributed by atoms with van der Waals surface area (Å²) in [6.45, 7) is 1.86. The minimum absolute atomic E-state index is 0.210. The van der Waals surface area contributed by atoms with E-state index in [1.165, 1.54) is 0 Å². The van der Waals surface area contributed by atoms with Crippen LogP contribution in [0, 0.1) is 6.92 Å². The van der Waals surface area contributed by atoms with E-state index in [1.807, 2.05) is 37.3 Å². The van der Waals surface area contributed by atoms with E-state index in [-0.39, 0.29) is 5.91 Å². The van der Waals surface area contributed by atoms with Crippen LogP contribution in [0.4, 0.5) is 11.4 Å². The molecule has 2 rings (SSSR count). The third-order valence-electron chi connectivity index (χ3n) is 2.71. The minimum atomic E-state index is -0.210. The molecule has 2 aromatic rings. The largest absolute Gasteiger partial charge is 0.398 e. The Morgan fingerprint density at radius 3 is 2.58 bits per heavy atom. The van der Waals surface area contributed by atoms with Gasteiger partial charge in [-0.05, 0) is 52.7 Å². The molecular formula is C14H12Br2N2O. The van der Waals surface area contributed by atoms with E-state index in [9.17, 15) is 4.79 Å². The fourth-order valence-corrected chi connectivity index (χ4v) is 2.92. The van der Waals surface area contributed by atoms with E-state index < -0.39 is 0 Å². The van der Waals surface area contributed by atoms with Gasteiger partial charge in [0.1, 0.15) is 0 Å². The predicted octanol–water partition coefficient (Wildman–Crippen LogP) is 4.35. The highest BCUT2D eigenvalue weighted by atomic mass is 79.9. The van der Waals surface area contributed by atoms with Crippen molar-refractivity contribution < 1.29 is 4.79 Å². The van der Waals surface area contributed by atoms with Gasteiger partial charge in [-0.15, -0.1) is 0 Å². The van der Waals surface area contributed by atoms with Gasteiger partial charge in [0.05, 0.1) is 11.3 Å². The number of benzene rings is 2. The third-order valence-corrected chi connectivity index (χ3v) is 3.86. The number of hydrogen-bond donors (Lipinski definition) is 2. The zero-order valence-corrected chi connectivity index (χ0v) is 13.4. The lowest BCUT2D eigenvalue weighted by molar-refractivity contribution is 0.102. The van der Waals surface area contributed by atoms with Gasteiger partial charge in [-0.25, -0.2) is 0 Å². The first-order valence-corrected chi connectivity index (χ1v) is 7.19. The first-order chi connectivity index (χ1) is 8.99. The van der Waals surface area contributed by atoms with Crippen molar-refractivity contribution in [1.82, 2.24) is 0 Å². The van der Waals surface area contributed by atoms with Crippen molar-refractivity contribution in [2.45, 2.75) is 6.92 Å². The normalized spacial score (nSPS) is 10.3. The molecule has 0 atom stereocenters. The molecule has 0 bridgehead atoms. The molecular weight excluding hydrogens is 372 g/mol. The summed E-state index contributed by atoms with van der Waals surface area (Å²) >= 11 is 6.78. The SMILES string of the molecule is Cc1cccc(N)c1C(=O)Nc1ccc(Br)cc1Br. The number of carbonyl (C=O) groups excluding carboxylic acids is 1. The molecule has 19 heavy (non-hydrogen) atoms. The molecule has 98 valence electrons. The number of aryl methyl sites for hydroxylation is 1. The smallest absolute Gasteiger partial charge is 0.258 e. The van der Waals surface area contributed by atoms with Gasteiger partial charge in [0.15, 0.2) is 0 Å². The number of nitrogens with one attached hydrogen (secondary N) is 1. The van der Waals surface area contributed by atoms with Crippen molar-refractivity contribution in [2.75, 3.05) is 11.1 Å². The van der Waals surface area contributed by atoms with Crippen LogP contribution >= 0.6 is 31.9 Å². The third kappa shape index (κ3) is 3.16. The molecule has 3 N–H and O–H groups in total. The van der Waals surface area contributed by atoms with E-state index in [1.54, 1.807) is 6.07 Å². The topological polar surface area (TPSA) is 55.1 Å². The number of rotatable bonds is 2. The maximum atomic E-state index is 12.3. The summed E-state index contributed by atoms with van der Waals surface area (Å²) in [4.78, 5) is 12.3. The Balaban J connectivity index is 2.31. The highest BCUT2D eigenvalue weighted by Gasteiger charge is 2.13. The number of nitrogens with two attached hydrogens (primary N) is 1. The fraction of sp³-hybridized carbons (Fsp3) is 0.0714. The monoisotopic (exact) mass is 382 g/mol. The van der Waals surface area contributed by atoms with Gasteiger partial charge in [-0.2, -0.15) is 0 Å². The summed E-state index contributed by atoms with van der Waals surface area (Å²) in [6.07, 6.45) is 0. The fourth-order valence-electron chi connectivity index (χ4n) is 1.78.